The molecule has 0 spiro atoms. The van der Waals surface area contributed by atoms with E-state index in [1.54, 1.807) is 23.6 Å². The van der Waals surface area contributed by atoms with E-state index in [-0.39, 0.29) is 11.3 Å². The first-order valence-electron chi connectivity index (χ1n) is 8.62. The number of benzene rings is 1. The van der Waals surface area contributed by atoms with Crippen LogP contribution in [0.1, 0.15) is 38.4 Å². The molecule has 9 nitrogen and oxygen atoms in total. The molecule has 4 N–H and O–H groups in total. The van der Waals surface area contributed by atoms with E-state index in [9.17, 15) is 20.0 Å². The number of aryl methyl sites for hydroxylation is 1. The van der Waals surface area contributed by atoms with Crippen LogP contribution < -0.4 is 11.1 Å². The van der Waals surface area contributed by atoms with Gasteiger partial charge in [0.25, 0.3) is 5.69 Å². The Morgan fingerprint density at radius 3 is 2.70 bits per heavy atom. The zero-order valence-electron chi connectivity index (χ0n) is 15.3. The van der Waals surface area contributed by atoms with Crippen molar-refractivity contribution in [1.82, 2.24) is 9.55 Å². The van der Waals surface area contributed by atoms with Gasteiger partial charge in [-0.1, -0.05) is 26.0 Å². The van der Waals surface area contributed by atoms with Crippen LogP contribution in [0.5, 0.6) is 0 Å². The van der Waals surface area contributed by atoms with Crippen LogP contribution in [-0.2, 0) is 16.8 Å². The molecule has 142 valence electrons. The van der Waals surface area contributed by atoms with Gasteiger partial charge in [-0.3, -0.25) is 14.7 Å². The van der Waals surface area contributed by atoms with Gasteiger partial charge in [0, 0.05) is 17.8 Å². The first-order chi connectivity index (χ1) is 12.8. The Hall–Kier alpha value is -3.36. The van der Waals surface area contributed by atoms with Gasteiger partial charge in [0.05, 0.1) is 16.2 Å². The van der Waals surface area contributed by atoms with Gasteiger partial charge >= 0.3 is 5.97 Å². The molecule has 2 heterocycles. The van der Waals surface area contributed by atoms with Gasteiger partial charge in [-0.05, 0) is 25.3 Å². The zero-order valence-corrected chi connectivity index (χ0v) is 15.3. The number of carbonyl (C=O) groups is 1. The molecular formula is C18H21N5O4. The number of aliphatic carboxylic acids is 1. The number of rotatable bonds is 5. The molecule has 1 aliphatic rings. The number of allylic oxidation sites excluding steroid dienone is 1. The number of hydrogen-bond acceptors (Lipinski definition) is 6. The van der Waals surface area contributed by atoms with Gasteiger partial charge in [0.2, 0.25) is 5.95 Å². The molecule has 1 aromatic carbocycles. The predicted molar refractivity (Wildman–Crippen MR) is 100 cm³/mol. The van der Waals surface area contributed by atoms with E-state index in [0.717, 1.165) is 0 Å². The van der Waals surface area contributed by atoms with E-state index in [2.05, 4.69) is 10.3 Å². The maximum absolute atomic E-state index is 12.2. The molecule has 1 atom stereocenters. The molecule has 0 saturated heterocycles. The number of carboxylic acids is 1. The van der Waals surface area contributed by atoms with Crippen molar-refractivity contribution in [3.8, 4) is 0 Å². The van der Waals surface area contributed by atoms with Gasteiger partial charge < -0.3 is 16.2 Å². The number of imidazole rings is 1. The first kappa shape index (κ1) is 18.4. The quantitative estimate of drug-likeness (QED) is 0.543. The molecule has 0 radical (unpaired) electrons. The predicted octanol–water partition coefficient (Wildman–Crippen LogP) is 2.87. The van der Waals surface area contributed by atoms with Gasteiger partial charge in [0.1, 0.15) is 11.4 Å². The molecule has 2 aromatic rings. The first-order valence-corrected chi connectivity index (χ1v) is 8.62. The molecule has 9 heteroatoms. The Bertz CT molecular complexity index is 978. The minimum absolute atomic E-state index is 0.0877. The number of nitro groups is 1. The van der Waals surface area contributed by atoms with Crippen LogP contribution >= 0.6 is 0 Å². The smallest absolute Gasteiger partial charge is 0.336 e. The summed E-state index contributed by atoms with van der Waals surface area (Å²) in [5.41, 5.74) is 6.64. The van der Waals surface area contributed by atoms with Crippen molar-refractivity contribution in [3.63, 3.8) is 0 Å². The van der Waals surface area contributed by atoms with Gasteiger partial charge in [0.15, 0.2) is 0 Å². The van der Waals surface area contributed by atoms with Crippen molar-refractivity contribution in [3.05, 3.63) is 56.9 Å². The largest absolute Gasteiger partial charge is 0.478 e. The lowest BCUT2D eigenvalue weighted by Gasteiger charge is -2.41. The molecule has 0 bridgehead atoms. The standard InChI is InChI=1S/C18H21N5O4/c1-4-13-15(19)22-17(21-13)20-10(3)14(16(24)25)18(22,5-2)11-7-6-8-12(9-11)23(26)27/h6-9H,4-5,19H2,1-3H3,(H,20,21)(H,24,25). The molecule has 0 saturated carbocycles. The maximum atomic E-state index is 12.2. The van der Waals surface area contributed by atoms with E-state index in [4.69, 9.17) is 5.73 Å². The highest BCUT2D eigenvalue weighted by Gasteiger charge is 2.47. The lowest BCUT2D eigenvalue weighted by atomic mass is 9.77. The summed E-state index contributed by atoms with van der Waals surface area (Å²) in [6.07, 6.45) is 0.898. The third kappa shape index (κ3) is 2.54. The van der Waals surface area contributed by atoms with Crippen LogP contribution in [0, 0.1) is 10.1 Å². The Morgan fingerprint density at radius 1 is 1.44 bits per heavy atom. The second kappa shape index (κ2) is 6.42. The minimum Gasteiger partial charge on any atom is -0.478 e. The molecule has 0 aliphatic carbocycles. The highest BCUT2D eigenvalue weighted by atomic mass is 16.6. The van der Waals surface area contributed by atoms with Crippen LogP contribution in [0.4, 0.5) is 17.5 Å². The average Bonchev–Trinajstić information content (AvgIpc) is 2.96. The summed E-state index contributed by atoms with van der Waals surface area (Å²) in [6, 6.07) is 6.02. The van der Waals surface area contributed by atoms with E-state index in [0.29, 0.717) is 41.6 Å². The Kier molecular flexibility index (Phi) is 4.38. The molecular weight excluding hydrogens is 350 g/mol. The van der Waals surface area contributed by atoms with Crippen LogP contribution in [0.3, 0.4) is 0 Å². The van der Waals surface area contributed by atoms with E-state index < -0.39 is 16.4 Å². The number of fused-ring (bicyclic) bond motifs is 1. The molecule has 0 amide bonds. The third-order valence-corrected chi connectivity index (χ3v) is 5.05. The van der Waals surface area contributed by atoms with Crippen LogP contribution in [-0.4, -0.2) is 25.6 Å². The number of nitrogens with one attached hydrogen (secondary N) is 1. The monoisotopic (exact) mass is 371 g/mol. The summed E-state index contributed by atoms with van der Waals surface area (Å²) in [4.78, 5) is 27.5. The number of hydrogen-bond donors (Lipinski definition) is 3. The Balaban J connectivity index is 2.43. The number of anilines is 2. The van der Waals surface area contributed by atoms with Gasteiger partial charge in [-0.25, -0.2) is 9.78 Å². The molecule has 27 heavy (non-hydrogen) atoms. The Labute approximate surface area is 155 Å². The highest BCUT2D eigenvalue weighted by Crippen LogP contribution is 2.47. The number of aromatic nitrogens is 2. The fourth-order valence-corrected chi connectivity index (χ4v) is 3.89. The summed E-state index contributed by atoms with van der Waals surface area (Å²) in [7, 11) is 0. The van der Waals surface area contributed by atoms with Gasteiger partial charge in [-0.2, -0.15) is 0 Å². The molecule has 0 fully saturated rings. The van der Waals surface area contributed by atoms with Crippen molar-refractivity contribution >= 4 is 23.4 Å². The number of nitrogens with zero attached hydrogens (tertiary/aromatic N) is 3. The number of nitro benzene ring substituents is 1. The van der Waals surface area contributed by atoms with Crippen LogP contribution in [0.25, 0.3) is 0 Å². The number of nitrogens with two attached hydrogens (primary N) is 1. The lowest BCUT2D eigenvalue weighted by Crippen LogP contribution is -2.44. The maximum Gasteiger partial charge on any atom is 0.336 e. The molecule has 1 unspecified atom stereocenters. The summed E-state index contributed by atoms with van der Waals surface area (Å²) < 4.78 is 1.65. The van der Waals surface area contributed by atoms with Crippen molar-refractivity contribution < 1.29 is 14.8 Å². The van der Waals surface area contributed by atoms with Crippen LogP contribution in [0.2, 0.25) is 0 Å². The fourth-order valence-electron chi connectivity index (χ4n) is 3.89. The molecule has 3 rings (SSSR count). The van der Waals surface area contributed by atoms with Crippen molar-refractivity contribution in [2.24, 2.45) is 0 Å². The number of nitrogen functional groups attached to an aromatic ring is 1. The van der Waals surface area contributed by atoms with Crippen LogP contribution in [0.15, 0.2) is 35.5 Å². The SMILES string of the molecule is CCc1nc2n(c1N)C(CC)(c1cccc([N+](=O)[O-])c1)C(C(=O)O)=C(C)N2. The Morgan fingerprint density at radius 2 is 2.15 bits per heavy atom. The summed E-state index contributed by atoms with van der Waals surface area (Å²) in [5.74, 6) is -0.343. The zero-order chi connectivity index (χ0) is 19.9. The highest BCUT2D eigenvalue weighted by molar-refractivity contribution is 5.93. The van der Waals surface area contributed by atoms with Crippen molar-refractivity contribution in [2.75, 3.05) is 11.1 Å². The van der Waals surface area contributed by atoms with E-state index in [1.165, 1.54) is 12.1 Å². The molecule has 1 aromatic heterocycles. The fraction of sp³-hybridized carbons (Fsp3) is 0.333. The topological polar surface area (TPSA) is 136 Å². The normalized spacial score (nSPS) is 18.8. The summed E-state index contributed by atoms with van der Waals surface area (Å²) in [6.45, 7) is 5.39. The van der Waals surface area contributed by atoms with E-state index in [1.807, 2.05) is 13.8 Å². The third-order valence-electron chi connectivity index (χ3n) is 5.05. The van der Waals surface area contributed by atoms with Crippen molar-refractivity contribution in [1.29, 1.82) is 0 Å². The lowest BCUT2D eigenvalue weighted by molar-refractivity contribution is -0.385. The summed E-state index contributed by atoms with van der Waals surface area (Å²) in [5, 5.41) is 24.3. The second-order valence-electron chi connectivity index (χ2n) is 6.41. The summed E-state index contributed by atoms with van der Waals surface area (Å²) >= 11 is 0. The molecule has 1 aliphatic heterocycles. The number of carboxylic acid groups (broad SMARTS) is 1. The number of non-ortho nitro benzene ring substituents is 1. The average molecular weight is 371 g/mol. The minimum atomic E-state index is -1.22. The second-order valence-corrected chi connectivity index (χ2v) is 6.41. The van der Waals surface area contributed by atoms with Gasteiger partial charge in [-0.15, -0.1) is 0 Å². The van der Waals surface area contributed by atoms with Crippen molar-refractivity contribution in [2.45, 2.75) is 39.2 Å². The van der Waals surface area contributed by atoms with E-state index >= 15 is 0 Å².